The molecule has 3 aromatic heterocycles. The Morgan fingerprint density at radius 1 is 1.05 bits per heavy atom. The van der Waals surface area contributed by atoms with Crippen LogP contribution in [0.15, 0.2) is 36.8 Å². The van der Waals surface area contributed by atoms with E-state index in [1.807, 2.05) is 0 Å². The molecule has 0 amide bonds. The first kappa shape index (κ1) is 13.6. The SMILES string of the molecule is Clc1cccc(Cl)c1-c1nn2c(-c3cnccn3)nnc2s1. The predicted molar refractivity (Wildman–Crippen MR) is 85.1 cm³/mol. The zero-order valence-electron chi connectivity index (χ0n) is 10.8. The first-order valence-electron chi connectivity index (χ1n) is 6.17. The van der Waals surface area contributed by atoms with Crippen LogP contribution in [0.4, 0.5) is 0 Å². The molecule has 0 unspecified atom stereocenters. The molecule has 108 valence electrons. The van der Waals surface area contributed by atoms with Crippen LogP contribution in [-0.4, -0.2) is 29.8 Å². The van der Waals surface area contributed by atoms with Gasteiger partial charge in [-0.1, -0.05) is 40.6 Å². The molecule has 0 saturated carbocycles. The highest BCUT2D eigenvalue weighted by atomic mass is 35.5. The van der Waals surface area contributed by atoms with E-state index >= 15 is 0 Å². The molecule has 3 heterocycles. The van der Waals surface area contributed by atoms with E-state index in [0.717, 1.165) is 0 Å². The lowest BCUT2D eigenvalue weighted by atomic mass is 10.2. The zero-order valence-corrected chi connectivity index (χ0v) is 13.1. The number of aromatic nitrogens is 6. The summed E-state index contributed by atoms with van der Waals surface area (Å²) in [4.78, 5) is 8.88. The quantitative estimate of drug-likeness (QED) is 0.553. The topological polar surface area (TPSA) is 68.9 Å². The second-order valence-electron chi connectivity index (χ2n) is 4.31. The summed E-state index contributed by atoms with van der Waals surface area (Å²) in [7, 11) is 0. The van der Waals surface area contributed by atoms with Gasteiger partial charge >= 0.3 is 0 Å². The number of fused-ring (bicyclic) bond motifs is 1. The Bertz CT molecular complexity index is 945. The third kappa shape index (κ3) is 2.14. The van der Waals surface area contributed by atoms with Gasteiger partial charge in [-0.3, -0.25) is 4.98 Å². The van der Waals surface area contributed by atoms with Crippen LogP contribution in [0.1, 0.15) is 0 Å². The molecule has 0 bridgehead atoms. The minimum Gasteiger partial charge on any atom is -0.261 e. The number of benzene rings is 1. The van der Waals surface area contributed by atoms with Gasteiger partial charge in [0.15, 0.2) is 5.01 Å². The fraction of sp³-hybridized carbons (Fsp3) is 0. The van der Waals surface area contributed by atoms with E-state index in [0.29, 0.717) is 37.1 Å². The highest BCUT2D eigenvalue weighted by Gasteiger charge is 2.18. The molecule has 4 rings (SSSR count). The third-order valence-electron chi connectivity index (χ3n) is 2.96. The van der Waals surface area contributed by atoms with Crippen molar-refractivity contribution in [2.24, 2.45) is 0 Å². The van der Waals surface area contributed by atoms with Crippen molar-refractivity contribution in [1.29, 1.82) is 0 Å². The van der Waals surface area contributed by atoms with Crippen LogP contribution >= 0.6 is 34.5 Å². The van der Waals surface area contributed by atoms with Crippen molar-refractivity contribution in [3.8, 4) is 22.1 Å². The summed E-state index contributed by atoms with van der Waals surface area (Å²) in [5.74, 6) is 0.522. The molecule has 0 radical (unpaired) electrons. The zero-order chi connectivity index (χ0) is 15.1. The highest BCUT2D eigenvalue weighted by molar-refractivity contribution is 7.20. The van der Waals surface area contributed by atoms with E-state index in [-0.39, 0.29) is 0 Å². The minimum absolute atomic E-state index is 0.522. The van der Waals surface area contributed by atoms with Gasteiger partial charge in [0.2, 0.25) is 10.8 Å². The molecule has 0 saturated heterocycles. The van der Waals surface area contributed by atoms with E-state index in [2.05, 4.69) is 25.3 Å². The van der Waals surface area contributed by atoms with Crippen LogP contribution in [0, 0.1) is 0 Å². The van der Waals surface area contributed by atoms with Crippen molar-refractivity contribution in [3.63, 3.8) is 0 Å². The summed E-state index contributed by atoms with van der Waals surface area (Å²) >= 11 is 13.8. The van der Waals surface area contributed by atoms with Gasteiger partial charge < -0.3 is 0 Å². The second-order valence-corrected chi connectivity index (χ2v) is 6.08. The van der Waals surface area contributed by atoms with Crippen LogP contribution in [0.3, 0.4) is 0 Å². The molecular weight excluding hydrogens is 343 g/mol. The smallest absolute Gasteiger partial charge is 0.235 e. The van der Waals surface area contributed by atoms with Crippen molar-refractivity contribution in [2.75, 3.05) is 0 Å². The first-order chi connectivity index (χ1) is 10.7. The number of nitrogens with zero attached hydrogens (tertiary/aromatic N) is 6. The molecule has 0 N–H and O–H groups in total. The molecule has 0 spiro atoms. The van der Waals surface area contributed by atoms with Crippen LogP contribution in [0.5, 0.6) is 0 Å². The van der Waals surface area contributed by atoms with Gasteiger partial charge in [0.25, 0.3) is 0 Å². The van der Waals surface area contributed by atoms with Crippen LogP contribution < -0.4 is 0 Å². The van der Waals surface area contributed by atoms with E-state index in [9.17, 15) is 0 Å². The normalized spacial score (nSPS) is 11.2. The predicted octanol–water partition coefficient (Wildman–Crippen LogP) is 3.62. The molecule has 0 aliphatic carbocycles. The fourth-order valence-corrected chi connectivity index (χ4v) is 3.60. The lowest BCUT2D eigenvalue weighted by Gasteiger charge is -2.01. The lowest BCUT2D eigenvalue weighted by Crippen LogP contribution is -1.94. The molecule has 22 heavy (non-hydrogen) atoms. The average molecular weight is 349 g/mol. The van der Waals surface area contributed by atoms with Crippen molar-refractivity contribution in [2.45, 2.75) is 0 Å². The molecule has 1 aromatic carbocycles. The average Bonchev–Trinajstić information content (AvgIpc) is 3.08. The van der Waals surface area contributed by atoms with Crippen LogP contribution in [-0.2, 0) is 0 Å². The van der Waals surface area contributed by atoms with Gasteiger partial charge in [0.05, 0.1) is 16.2 Å². The first-order valence-corrected chi connectivity index (χ1v) is 7.74. The Balaban J connectivity index is 1.91. The van der Waals surface area contributed by atoms with E-state index in [4.69, 9.17) is 23.2 Å². The van der Waals surface area contributed by atoms with Gasteiger partial charge in [-0.15, -0.1) is 10.2 Å². The Morgan fingerprint density at radius 3 is 2.59 bits per heavy atom. The molecule has 0 aliphatic heterocycles. The molecule has 9 heteroatoms. The van der Waals surface area contributed by atoms with Crippen LogP contribution in [0.25, 0.3) is 27.1 Å². The Morgan fingerprint density at radius 2 is 1.86 bits per heavy atom. The van der Waals surface area contributed by atoms with Gasteiger partial charge in [0.1, 0.15) is 5.69 Å². The highest BCUT2D eigenvalue weighted by Crippen LogP contribution is 2.37. The van der Waals surface area contributed by atoms with Gasteiger partial charge in [-0.25, -0.2) is 4.98 Å². The molecule has 0 fully saturated rings. The molecule has 0 atom stereocenters. The number of hydrogen-bond donors (Lipinski definition) is 0. The molecule has 6 nitrogen and oxygen atoms in total. The third-order valence-corrected chi connectivity index (χ3v) is 4.51. The largest absolute Gasteiger partial charge is 0.261 e. The van der Waals surface area contributed by atoms with Crippen molar-refractivity contribution >= 4 is 39.5 Å². The Kier molecular flexibility index (Phi) is 3.25. The standard InChI is InChI=1S/C13H6Cl2N6S/c14-7-2-1-3-8(15)10(7)12-20-21-11(18-19-13(21)22-12)9-6-16-4-5-17-9/h1-6H. The summed E-state index contributed by atoms with van der Waals surface area (Å²) in [6.07, 6.45) is 4.80. The summed E-state index contributed by atoms with van der Waals surface area (Å²) < 4.78 is 1.61. The van der Waals surface area contributed by atoms with Crippen molar-refractivity contribution < 1.29 is 0 Å². The fourth-order valence-electron chi connectivity index (χ4n) is 1.99. The second kappa shape index (κ2) is 5.28. The summed E-state index contributed by atoms with van der Waals surface area (Å²) in [5.41, 5.74) is 1.28. The maximum absolute atomic E-state index is 6.23. The van der Waals surface area contributed by atoms with E-state index in [1.165, 1.54) is 11.3 Å². The summed E-state index contributed by atoms with van der Waals surface area (Å²) in [5, 5.41) is 14.5. The van der Waals surface area contributed by atoms with E-state index in [1.54, 1.807) is 41.3 Å². The summed E-state index contributed by atoms with van der Waals surface area (Å²) in [6.45, 7) is 0. The Labute approximate surface area is 138 Å². The van der Waals surface area contributed by atoms with Crippen molar-refractivity contribution in [1.82, 2.24) is 29.8 Å². The van der Waals surface area contributed by atoms with E-state index < -0.39 is 0 Å². The number of halogens is 2. The molecule has 4 aromatic rings. The van der Waals surface area contributed by atoms with Gasteiger partial charge in [-0.05, 0) is 12.1 Å². The maximum Gasteiger partial charge on any atom is 0.235 e. The van der Waals surface area contributed by atoms with Crippen LogP contribution in [0.2, 0.25) is 10.0 Å². The maximum atomic E-state index is 6.23. The molecule has 0 aliphatic rings. The lowest BCUT2D eigenvalue weighted by molar-refractivity contribution is 0.957. The van der Waals surface area contributed by atoms with Gasteiger partial charge in [-0.2, -0.15) is 9.61 Å². The monoisotopic (exact) mass is 348 g/mol. The molecular formula is C13H6Cl2N6S. The van der Waals surface area contributed by atoms with Crippen molar-refractivity contribution in [3.05, 3.63) is 46.8 Å². The minimum atomic E-state index is 0.522. The number of hydrogen-bond acceptors (Lipinski definition) is 6. The Hall–Kier alpha value is -2.09. The number of rotatable bonds is 2. The van der Waals surface area contributed by atoms with Gasteiger partial charge in [0, 0.05) is 18.0 Å². The summed E-state index contributed by atoms with van der Waals surface area (Å²) in [6, 6.07) is 5.34.